The molecule has 0 heterocycles. The molecule has 0 aliphatic heterocycles. The van der Waals surface area contributed by atoms with E-state index in [2.05, 4.69) is 5.32 Å². The van der Waals surface area contributed by atoms with Crippen molar-refractivity contribution in [1.82, 2.24) is 0 Å². The summed E-state index contributed by atoms with van der Waals surface area (Å²) in [5, 5.41) is 10.8. The first-order valence-corrected chi connectivity index (χ1v) is 4.26. The molecule has 0 unspecified atom stereocenters. The molecule has 0 amide bonds. The lowest BCUT2D eigenvalue weighted by atomic mass is 10.1. The molecule has 1 aromatic rings. The molecular formula is C9H9F3N2O2. The molecular weight excluding hydrogens is 225 g/mol. The van der Waals surface area contributed by atoms with Gasteiger partial charge < -0.3 is 16.2 Å². The zero-order valence-electron chi connectivity index (χ0n) is 8.01. The van der Waals surface area contributed by atoms with E-state index in [1.807, 2.05) is 0 Å². The lowest BCUT2D eigenvalue weighted by Gasteiger charge is -2.10. The van der Waals surface area contributed by atoms with Crippen LogP contribution in [0.2, 0.25) is 0 Å². The summed E-state index contributed by atoms with van der Waals surface area (Å²) in [4.78, 5) is 10.5. The van der Waals surface area contributed by atoms with E-state index in [1.165, 1.54) is 0 Å². The van der Waals surface area contributed by atoms with Crippen LogP contribution >= 0.6 is 0 Å². The van der Waals surface area contributed by atoms with Gasteiger partial charge in [-0.15, -0.1) is 0 Å². The summed E-state index contributed by atoms with van der Waals surface area (Å²) >= 11 is 0. The molecule has 0 atom stereocenters. The fourth-order valence-corrected chi connectivity index (χ4v) is 1.09. The maximum atomic E-state index is 13.1. The lowest BCUT2D eigenvalue weighted by Crippen LogP contribution is -2.13. The number of anilines is 2. The molecule has 16 heavy (non-hydrogen) atoms. The standard InChI is InChI=1S/C9H9F3N2O2/c10-5-2-7(14-3-8(11)12)6(13)1-4(5)9(15)16/h1-2,8,14H,3,13H2,(H,15,16). The van der Waals surface area contributed by atoms with Crippen LogP contribution in [0.25, 0.3) is 0 Å². The fraction of sp³-hybridized carbons (Fsp3) is 0.222. The first kappa shape index (κ1) is 12.2. The van der Waals surface area contributed by atoms with Crippen LogP contribution in [0, 0.1) is 5.82 Å². The minimum atomic E-state index is -2.61. The second kappa shape index (κ2) is 4.73. The van der Waals surface area contributed by atoms with Gasteiger partial charge in [0.2, 0.25) is 0 Å². The molecule has 0 aliphatic rings. The van der Waals surface area contributed by atoms with Crippen LogP contribution in [0.15, 0.2) is 12.1 Å². The highest BCUT2D eigenvalue weighted by molar-refractivity contribution is 5.90. The van der Waals surface area contributed by atoms with Gasteiger partial charge in [0.25, 0.3) is 6.43 Å². The number of carbonyl (C=O) groups is 1. The predicted molar refractivity (Wildman–Crippen MR) is 52.3 cm³/mol. The zero-order valence-corrected chi connectivity index (χ0v) is 8.01. The number of halogens is 3. The van der Waals surface area contributed by atoms with Gasteiger partial charge in [-0.1, -0.05) is 0 Å². The maximum absolute atomic E-state index is 13.1. The summed E-state index contributed by atoms with van der Waals surface area (Å²) in [5.41, 5.74) is 4.63. The van der Waals surface area contributed by atoms with Crippen molar-refractivity contribution in [3.8, 4) is 0 Å². The average molecular weight is 234 g/mol. The third-order valence-corrected chi connectivity index (χ3v) is 1.82. The third kappa shape index (κ3) is 2.78. The van der Waals surface area contributed by atoms with E-state index < -0.39 is 30.3 Å². The number of hydrogen-bond acceptors (Lipinski definition) is 3. The number of nitrogens with two attached hydrogens (primary N) is 1. The first-order valence-electron chi connectivity index (χ1n) is 4.26. The molecule has 4 nitrogen and oxygen atoms in total. The number of alkyl halides is 2. The van der Waals surface area contributed by atoms with Crippen LogP contribution < -0.4 is 11.1 Å². The molecule has 0 aliphatic carbocycles. The summed E-state index contributed by atoms with van der Waals surface area (Å²) < 4.78 is 36.9. The van der Waals surface area contributed by atoms with Gasteiger partial charge in [0.05, 0.1) is 23.5 Å². The van der Waals surface area contributed by atoms with Crippen molar-refractivity contribution in [3.63, 3.8) is 0 Å². The number of nitrogens with one attached hydrogen (secondary N) is 1. The molecule has 1 aromatic carbocycles. The Kier molecular flexibility index (Phi) is 3.60. The highest BCUT2D eigenvalue weighted by Crippen LogP contribution is 2.23. The van der Waals surface area contributed by atoms with E-state index in [-0.39, 0.29) is 11.4 Å². The molecule has 0 bridgehead atoms. The predicted octanol–water partition coefficient (Wildman–Crippen LogP) is 1.78. The summed E-state index contributed by atoms with van der Waals surface area (Å²) in [7, 11) is 0. The van der Waals surface area contributed by atoms with E-state index >= 15 is 0 Å². The van der Waals surface area contributed by atoms with Crippen molar-refractivity contribution in [3.05, 3.63) is 23.5 Å². The van der Waals surface area contributed by atoms with Crippen LogP contribution in [-0.4, -0.2) is 24.0 Å². The van der Waals surface area contributed by atoms with Crippen molar-refractivity contribution in [2.75, 3.05) is 17.6 Å². The topological polar surface area (TPSA) is 75.4 Å². The van der Waals surface area contributed by atoms with Crippen LogP contribution in [0.5, 0.6) is 0 Å². The van der Waals surface area contributed by atoms with Gasteiger partial charge in [-0.25, -0.2) is 18.0 Å². The van der Waals surface area contributed by atoms with Crippen LogP contribution in [0.1, 0.15) is 10.4 Å². The summed E-state index contributed by atoms with van der Waals surface area (Å²) in [6.07, 6.45) is -2.61. The smallest absolute Gasteiger partial charge is 0.338 e. The van der Waals surface area contributed by atoms with Crippen molar-refractivity contribution in [1.29, 1.82) is 0 Å². The Bertz CT molecular complexity index is 410. The minimum absolute atomic E-state index is 0.0530. The van der Waals surface area contributed by atoms with Crippen molar-refractivity contribution >= 4 is 17.3 Å². The molecule has 0 saturated heterocycles. The van der Waals surface area contributed by atoms with E-state index in [0.717, 1.165) is 12.1 Å². The van der Waals surface area contributed by atoms with Crippen LogP contribution in [0.3, 0.4) is 0 Å². The molecule has 1 rings (SSSR count). The number of rotatable bonds is 4. The highest BCUT2D eigenvalue weighted by atomic mass is 19.3. The van der Waals surface area contributed by atoms with E-state index in [4.69, 9.17) is 10.8 Å². The Balaban J connectivity index is 2.96. The van der Waals surface area contributed by atoms with E-state index in [0.29, 0.717) is 0 Å². The summed E-state index contributed by atoms with van der Waals surface area (Å²) in [5.74, 6) is -2.50. The van der Waals surface area contributed by atoms with Crippen LogP contribution in [0.4, 0.5) is 24.5 Å². The number of carboxylic acid groups (broad SMARTS) is 1. The number of benzene rings is 1. The molecule has 4 N–H and O–H groups in total. The van der Waals surface area contributed by atoms with Crippen molar-refractivity contribution < 1.29 is 23.1 Å². The number of nitrogen functional groups attached to an aromatic ring is 1. The molecule has 0 fully saturated rings. The SMILES string of the molecule is Nc1cc(C(=O)O)c(F)cc1NCC(F)F. The third-order valence-electron chi connectivity index (χ3n) is 1.82. The van der Waals surface area contributed by atoms with Crippen molar-refractivity contribution in [2.45, 2.75) is 6.43 Å². The van der Waals surface area contributed by atoms with Gasteiger partial charge in [-0.05, 0) is 12.1 Å². The average Bonchev–Trinajstić information content (AvgIpc) is 2.18. The Hall–Kier alpha value is -1.92. The summed E-state index contributed by atoms with van der Waals surface area (Å²) in [6, 6.07) is 1.66. The van der Waals surface area contributed by atoms with Gasteiger partial charge in [0, 0.05) is 0 Å². The molecule has 0 spiro atoms. The van der Waals surface area contributed by atoms with Gasteiger partial charge in [0.15, 0.2) is 0 Å². The Morgan fingerprint density at radius 2 is 2.12 bits per heavy atom. The fourth-order valence-electron chi connectivity index (χ4n) is 1.09. The van der Waals surface area contributed by atoms with Gasteiger partial charge in [-0.3, -0.25) is 0 Å². The number of carboxylic acids is 1. The first-order chi connectivity index (χ1) is 7.41. The quantitative estimate of drug-likeness (QED) is 0.694. The molecule has 0 saturated carbocycles. The van der Waals surface area contributed by atoms with Gasteiger partial charge >= 0.3 is 5.97 Å². The lowest BCUT2D eigenvalue weighted by molar-refractivity contribution is 0.0692. The normalized spacial score (nSPS) is 10.5. The second-order valence-electron chi connectivity index (χ2n) is 3.00. The van der Waals surface area contributed by atoms with Crippen molar-refractivity contribution in [2.24, 2.45) is 0 Å². The Morgan fingerprint density at radius 3 is 2.62 bits per heavy atom. The minimum Gasteiger partial charge on any atom is -0.478 e. The highest BCUT2D eigenvalue weighted by Gasteiger charge is 2.14. The van der Waals surface area contributed by atoms with E-state index in [9.17, 15) is 18.0 Å². The Labute approximate surface area is 88.9 Å². The molecule has 0 radical (unpaired) electrons. The summed E-state index contributed by atoms with van der Waals surface area (Å²) in [6.45, 7) is -0.684. The second-order valence-corrected chi connectivity index (χ2v) is 3.00. The zero-order chi connectivity index (χ0) is 12.3. The molecule has 7 heteroatoms. The largest absolute Gasteiger partial charge is 0.478 e. The molecule has 0 aromatic heterocycles. The maximum Gasteiger partial charge on any atom is 0.338 e. The monoisotopic (exact) mass is 234 g/mol. The Morgan fingerprint density at radius 1 is 1.50 bits per heavy atom. The van der Waals surface area contributed by atoms with Crippen LogP contribution in [-0.2, 0) is 0 Å². The van der Waals surface area contributed by atoms with Gasteiger partial charge in [-0.2, -0.15) is 0 Å². The number of aromatic carboxylic acids is 1. The van der Waals surface area contributed by atoms with E-state index in [1.54, 1.807) is 0 Å². The van der Waals surface area contributed by atoms with Gasteiger partial charge in [0.1, 0.15) is 5.82 Å². The number of hydrogen-bond donors (Lipinski definition) is 3. The molecule has 88 valence electrons.